The van der Waals surface area contributed by atoms with Gasteiger partial charge in [0.15, 0.2) is 0 Å². The molecule has 3 N–H and O–H groups in total. The van der Waals surface area contributed by atoms with E-state index in [0.29, 0.717) is 17.1 Å². The molecule has 0 bridgehead atoms. The highest BCUT2D eigenvalue weighted by molar-refractivity contribution is 6.33. The molecule has 2 saturated carbocycles. The summed E-state index contributed by atoms with van der Waals surface area (Å²) in [6.07, 6.45) is 11.8. The molecule has 4 rings (SSSR count). The van der Waals surface area contributed by atoms with Gasteiger partial charge >= 0.3 is 0 Å². The van der Waals surface area contributed by atoms with Gasteiger partial charge in [-0.05, 0) is 56.9 Å². The van der Waals surface area contributed by atoms with E-state index in [0.717, 1.165) is 55.0 Å². The summed E-state index contributed by atoms with van der Waals surface area (Å²) in [6.45, 7) is 0. The van der Waals surface area contributed by atoms with Gasteiger partial charge < -0.3 is 11.1 Å². The van der Waals surface area contributed by atoms with Gasteiger partial charge in [0, 0.05) is 42.1 Å². The molecule has 25 heavy (non-hydrogen) atoms. The van der Waals surface area contributed by atoms with Gasteiger partial charge in [-0.25, -0.2) is 4.98 Å². The van der Waals surface area contributed by atoms with E-state index in [2.05, 4.69) is 21.5 Å². The Morgan fingerprint density at radius 3 is 2.64 bits per heavy atom. The van der Waals surface area contributed by atoms with E-state index < -0.39 is 0 Å². The van der Waals surface area contributed by atoms with Crippen LogP contribution in [0.1, 0.15) is 44.2 Å². The Hall–Kier alpha value is -1.59. The first-order valence-electron chi connectivity index (χ1n) is 9.29. The lowest BCUT2D eigenvalue weighted by Crippen LogP contribution is -2.33. The fourth-order valence-corrected chi connectivity index (χ4v) is 3.93. The predicted molar refractivity (Wildman–Crippen MR) is 102 cm³/mol. The molecule has 0 spiro atoms. The lowest BCUT2D eigenvalue weighted by molar-refractivity contribution is 0.410. The van der Waals surface area contributed by atoms with Gasteiger partial charge in [-0.15, -0.1) is 0 Å². The highest BCUT2D eigenvalue weighted by Gasteiger charge is 2.26. The highest BCUT2D eigenvalue weighted by atomic mass is 35.5. The van der Waals surface area contributed by atoms with Crippen molar-refractivity contribution in [2.75, 3.05) is 5.32 Å². The van der Waals surface area contributed by atoms with Gasteiger partial charge in [-0.3, -0.25) is 4.68 Å². The minimum absolute atomic E-state index is 0.354. The molecule has 2 fully saturated rings. The van der Waals surface area contributed by atoms with Crippen molar-refractivity contribution < 1.29 is 0 Å². The summed E-state index contributed by atoms with van der Waals surface area (Å²) in [5, 5.41) is 8.72. The topological polar surface area (TPSA) is 68.8 Å². The van der Waals surface area contributed by atoms with Crippen molar-refractivity contribution in [2.45, 2.75) is 57.0 Å². The van der Waals surface area contributed by atoms with E-state index in [4.69, 9.17) is 17.3 Å². The normalized spacial score (nSPS) is 23.6. The van der Waals surface area contributed by atoms with Crippen molar-refractivity contribution in [2.24, 2.45) is 18.7 Å². The van der Waals surface area contributed by atoms with E-state index in [9.17, 15) is 0 Å². The molecule has 0 atom stereocenters. The van der Waals surface area contributed by atoms with Crippen molar-refractivity contribution in [3.63, 3.8) is 0 Å². The van der Waals surface area contributed by atoms with E-state index in [1.165, 1.54) is 18.5 Å². The Labute approximate surface area is 154 Å². The zero-order chi connectivity index (χ0) is 17.4. The maximum Gasteiger partial charge on any atom is 0.126 e. The number of hydrogen-bond acceptors (Lipinski definition) is 4. The Balaban J connectivity index is 1.57. The number of pyridine rings is 1. The summed E-state index contributed by atoms with van der Waals surface area (Å²) in [6, 6.07) is 2.87. The van der Waals surface area contributed by atoms with E-state index in [1.807, 2.05) is 17.9 Å². The predicted octanol–water partition coefficient (Wildman–Crippen LogP) is 3.77. The van der Waals surface area contributed by atoms with Crippen molar-refractivity contribution in [3.05, 3.63) is 29.2 Å². The van der Waals surface area contributed by atoms with Crippen LogP contribution in [0.3, 0.4) is 0 Å². The Morgan fingerprint density at radius 2 is 1.92 bits per heavy atom. The van der Waals surface area contributed by atoms with Crippen LogP contribution in [-0.2, 0) is 13.5 Å². The van der Waals surface area contributed by atoms with Gasteiger partial charge in [-0.1, -0.05) is 11.6 Å². The first kappa shape index (κ1) is 16.9. The fourth-order valence-electron chi connectivity index (χ4n) is 3.72. The van der Waals surface area contributed by atoms with E-state index in [-0.39, 0.29) is 0 Å². The molecular weight excluding hydrogens is 334 g/mol. The van der Waals surface area contributed by atoms with Crippen LogP contribution >= 0.6 is 11.6 Å². The number of aromatic nitrogens is 3. The first-order chi connectivity index (χ1) is 12.1. The van der Waals surface area contributed by atoms with Crippen LogP contribution in [0.2, 0.25) is 5.02 Å². The van der Waals surface area contributed by atoms with Crippen LogP contribution in [0.4, 0.5) is 5.82 Å². The minimum Gasteiger partial charge on any atom is -0.367 e. The van der Waals surface area contributed by atoms with Gasteiger partial charge in [0.1, 0.15) is 5.82 Å². The fraction of sp³-hybridized carbons (Fsp3) is 0.579. The zero-order valence-electron chi connectivity index (χ0n) is 14.7. The average molecular weight is 360 g/mol. The summed E-state index contributed by atoms with van der Waals surface area (Å²) >= 11 is 6.48. The van der Waals surface area contributed by atoms with Crippen molar-refractivity contribution in [1.29, 1.82) is 0 Å². The standard InChI is InChI=1S/C19H26ClN5/c1-25-18(8-12-2-3-12)16(10-23-25)15-9-19(22-11-17(15)20)24-14-6-4-13(21)5-7-14/h9-14H,2-8,21H2,1H3,(H,22,24)/t13-,14-. The molecule has 0 radical (unpaired) electrons. The molecule has 2 aliphatic carbocycles. The highest BCUT2D eigenvalue weighted by Crippen LogP contribution is 2.38. The number of hydrogen-bond donors (Lipinski definition) is 2. The third kappa shape index (κ3) is 3.82. The lowest BCUT2D eigenvalue weighted by Gasteiger charge is -2.27. The van der Waals surface area contributed by atoms with Crippen LogP contribution in [0.15, 0.2) is 18.5 Å². The van der Waals surface area contributed by atoms with Crippen LogP contribution in [-0.4, -0.2) is 26.8 Å². The molecule has 134 valence electrons. The van der Waals surface area contributed by atoms with Gasteiger partial charge in [0.2, 0.25) is 0 Å². The quantitative estimate of drug-likeness (QED) is 0.852. The number of aryl methyl sites for hydroxylation is 1. The third-order valence-electron chi connectivity index (χ3n) is 5.51. The SMILES string of the molecule is Cn1ncc(-c2cc(N[C@H]3CC[C@H](N)CC3)ncc2Cl)c1CC1CC1. The van der Waals surface area contributed by atoms with Crippen molar-refractivity contribution in [3.8, 4) is 11.1 Å². The third-order valence-corrected chi connectivity index (χ3v) is 5.81. The van der Waals surface area contributed by atoms with Crippen molar-refractivity contribution >= 4 is 17.4 Å². The summed E-state index contributed by atoms with van der Waals surface area (Å²) in [4.78, 5) is 4.49. The van der Waals surface area contributed by atoms with E-state index >= 15 is 0 Å². The molecule has 0 unspecified atom stereocenters. The van der Waals surface area contributed by atoms with Crippen LogP contribution < -0.4 is 11.1 Å². The Morgan fingerprint density at radius 1 is 1.16 bits per heavy atom. The second-order valence-electron chi connectivity index (χ2n) is 7.58. The largest absolute Gasteiger partial charge is 0.367 e. The molecule has 0 saturated heterocycles. The molecule has 2 aromatic rings. The lowest BCUT2D eigenvalue weighted by atomic mass is 9.92. The van der Waals surface area contributed by atoms with Crippen LogP contribution in [0, 0.1) is 5.92 Å². The molecule has 0 amide bonds. The molecule has 2 aliphatic rings. The Kier molecular flexibility index (Phi) is 4.69. The number of nitrogens with one attached hydrogen (secondary N) is 1. The van der Waals surface area contributed by atoms with E-state index in [1.54, 1.807) is 6.20 Å². The molecule has 6 heteroatoms. The second-order valence-corrected chi connectivity index (χ2v) is 7.99. The second kappa shape index (κ2) is 6.96. The summed E-state index contributed by atoms with van der Waals surface area (Å²) in [7, 11) is 2.01. The molecule has 2 aromatic heterocycles. The number of anilines is 1. The average Bonchev–Trinajstić information content (AvgIpc) is 3.35. The smallest absolute Gasteiger partial charge is 0.126 e. The van der Waals surface area contributed by atoms with Crippen molar-refractivity contribution in [1.82, 2.24) is 14.8 Å². The molecule has 0 aliphatic heterocycles. The van der Waals surface area contributed by atoms with Crippen LogP contribution in [0.5, 0.6) is 0 Å². The zero-order valence-corrected chi connectivity index (χ0v) is 15.5. The maximum atomic E-state index is 6.48. The molecule has 2 heterocycles. The number of rotatable bonds is 5. The summed E-state index contributed by atoms with van der Waals surface area (Å²) in [5.41, 5.74) is 9.43. The Bertz CT molecular complexity index is 744. The van der Waals surface area contributed by atoms with Crippen LogP contribution in [0.25, 0.3) is 11.1 Å². The number of nitrogens with two attached hydrogens (primary N) is 1. The first-order valence-corrected chi connectivity index (χ1v) is 9.67. The maximum absolute atomic E-state index is 6.48. The van der Waals surface area contributed by atoms with Gasteiger partial charge in [-0.2, -0.15) is 5.10 Å². The van der Waals surface area contributed by atoms with Gasteiger partial charge in [0.05, 0.1) is 11.2 Å². The minimum atomic E-state index is 0.354. The molecule has 5 nitrogen and oxygen atoms in total. The number of nitrogens with zero attached hydrogens (tertiary/aromatic N) is 3. The van der Waals surface area contributed by atoms with Gasteiger partial charge in [0.25, 0.3) is 0 Å². The monoisotopic (exact) mass is 359 g/mol. The summed E-state index contributed by atoms with van der Waals surface area (Å²) < 4.78 is 1.99. The molecular formula is C19H26ClN5. The molecule has 0 aromatic carbocycles. The number of halogens is 1. The summed E-state index contributed by atoms with van der Waals surface area (Å²) in [5.74, 6) is 1.69.